The summed E-state index contributed by atoms with van der Waals surface area (Å²) in [5.74, 6) is 0. The van der Waals surface area contributed by atoms with Crippen LogP contribution in [-0.4, -0.2) is 0 Å². The average molecular weight is 266 g/mol. The Morgan fingerprint density at radius 2 is 1.65 bits per heavy atom. The summed E-state index contributed by atoms with van der Waals surface area (Å²) in [5.41, 5.74) is 2.99. The Labute approximate surface area is 115 Å². The van der Waals surface area contributed by atoms with Crippen LogP contribution in [0.3, 0.4) is 0 Å². The maximum atomic E-state index is 2.39. The van der Waals surface area contributed by atoms with Crippen LogP contribution < -0.4 is 0 Å². The molecule has 1 heteroatoms. The quantitative estimate of drug-likeness (QED) is 0.613. The normalized spacial score (nSPS) is 20.2. The zero-order valence-corrected chi connectivity index (χ0v) is 11.1. The van der Waals surface area contributed by atoms with Crippen LogP contribution in [0, 0.1) is 12.8 Å². The predicted molar refractivity (Wildman–Crippen MR) is 70.7 cm³/mol. The van der Waals surface area contributed by atoms with Crippen molar-refractivity contribution in [2.24, 2.45) is 0 Å². The van der Waals surface area contributed by atoms with Gasteiger partial charge >= 0.3 is 0 Å². The third kappa shape index (κ3) is 4.93. The first-order valence-electron chi connectivity index (χ1n) is 6.04. The summed E-state index contributed by atoms with van der Waals surface area (Å²) >= 11 is 0. The Morgan fingerprint density at radius 1 is 0.824 bits per heavy atom. The zero-order valence-electron chi connectivity index (χ0n) is 9.96. The number of hydrogen-bond donors (Lipinski definition) is 0. The third-order valence-corrected chi connectivity index (χ3v) is 2.88. The van der Waals surface area contributed by atoms with Crippen molar-refractivity contribution in [3.8, 4) is 0 Å². The maximum Gasteiger partial charge on any atom is 0.0127 e. The molecule has 2 radical (unpaired) electrons. The number of allylic oxidation sites excluding steroid dienone is 10. The summed E-state index contributed by atoms with van der Waals surface area (Å²) in [4.78, 5) is 0. The van der Waals surface area contributed by atoms with Crippen LogP contribution in [0.5, 0.6) is 0 Å². The minimum Gasteiger partial charge on any atom is -0.0810 e. The first kappa shape index (κ1) is 14.3. The van der Waals surface area contributed by atoms with E-state index in [1.54, 1.807) is 5.57 Å². The van der Waals surface area contributed by atoms with E-state index in [4.69, 9.17) is 0 Å². The zero-order chi connectivity index (χ0) is 11.1. The molecule has 0 nitrogen and oxygen atoms in total. The second-order valence-corrected chi connectivity index (χ2v) is 4.11. The Hall–Kier alpha value is -0.781. The molecule has 0 saturated heterocycles. The molecule has 0 amide bonds. The van der Waals surface area contributed by atoms with Crippen LogP contribution in [0.25, 0.3) is 0 Å². The molecule has 0 aromatic rings. The van der Waals surface area contributed by atoms with Crippen molar-refractivity contribution in [3.05, 3.63) is 72.6 Å². The molecule has 0 N–H and O–H groups in total. The first-order valence-corrected chi connectivity index (χ1v) is 6.04. The van der Waals surface area contributed by atoms with E-state index in [0.717, 1.165) is 0 Å². The summed E-state index contributed by atoms with van der Waals surface area (Å²) in [6.45, 7) is 0. The molecule has 3 rings (SSSR count). The molecule has 0 bridgehead atoms. The molecule has 0 saturated carbocycles. The van der Waals surface area contributed by atoms with Gasteiger partial charge in [-0.2, -0.15) is 0 Å². The van der Waals surface area contributed by atoms with Crippen LogP contribution in [-0.2, 0) is 17.1 Å². The largest absolute Gasteiger partial charge is 0.0810 e. The molecule has 0 atom stereocenters. The molecule has 90 valence electrons. The minimum absolute atomic E-state index is 0. The van der Waals surface area contributed by atoms with Crippen molar-refractivity contribution in [3.63, 3.8) is 0 Å². The molecule has 0 spiro atoms. The van der Waals surface area contributed by atoms with E-state index in [2.05, 4.69) is 30.7 Å². The van der Waals surface area contributed by atoms with Crippen LogP contribution in [0.2, 0.25) is 0 Å². The van der Waals surface area contributed by atoms with Crippen molar-refractivity contribution in [1.82, 2.24) is 0 Å². The van der Waals surface area contributed by atoms with E-state index in [-0.39, 0.29) is 17.1 Å². The molecule has 0 aliphatic heterocycles. The molecule has 0 unspecified atom stereocenters. The van der Waals surface area contributed by atoms with Crippen LogP contribution in [0.4, 0.5) is 0 Å². The maximum absolute atomic E-state index is 2.39. The second kappa shape index (κ2) is 8.33. The topological polar surface area (TPSA) is 0 Å². The standard InChI is InChI=1S/C11H13.C5H5.Fe/c1-2-6-10(7-3-1)11-8-4-5-9-11;1-2-4-5-3-1;/h4-6,8-9H,1-3,7H2;1-5H;. The van der Waals surface area contributed by atoms with Crippen molar-refractivity contribution < 1.29 is 17.1 Å². The van der Waals surface area contributed by atoms with Gasteiger partial charge in [0.1, 0.15) is 0 Å². The van der Waals surface area contributed by atoms with Gasteiger partial charge in [-0.25, -0.2) is 0 Å². The van der Waals surface area contributed by atoms with Gasteiger partial charge in [0.15, 0.2) is 0 Å². The Kier molecular flexibility index (Phi) is 7.00. The van der Waals surface area contributed by atoms with Gasteiger partial charge in [-0.15, -0.1) is 0 Å². The fourth-order valence-corrected chi connectivity index (χ4v) is 2.01. The van der Waals surface area contributed by atoms with E-state index < -0.39 is 0 Å². The van der Waals surface area contributed by atoms with E-state index in [1.807, 2.05) is 30.7 Å². The number of rotatable bonds is 1. The monoisotopic (exact) mass is 266 g/mol. The molecule has 3 aliphatic carbocycles. The van der Waals surface area contributed by atoms with Gasteiger partial charge in [-0.1, -0.05) is 48.6 Å². The van der Waals surface area contributed by atoms with Gasteiger partial charge in [0.25, 0.3) is 0 Å². The van der Waals surface area contributed by atoms with Gasteiger partial charge in [0, 0.05) is 29.9 Å². The Bertz CT molecular complexity index is 357. The molecule has 0 fully saturated rings. The van der Waals surface area contributed by atoms with Crippen LogP contribution >= 0.6 is 0 Å². The predicted octanol–water partition coefficient (Wildman–Crippen LogP) is 4.50. The van der Waals surface area contributed by atoms with E-state index >= 15 is 0 Å². The summed E-state index contributed by atoms with van der Waals surface area (Å²) in [6, 6.07) is 0. The van der Waals surface area contributed by atoms with Crippen molar-refractivity contribution in [2.45, 2.75) is 25.7 Å². The van der Waals surface area contributed by atoms with Crippen LogP contribution in [0.1, 0.15) is 25.7 Å². The van der Waals surface area contributed by atoms with Gasteiger partial charge in [0.2, 0.25) is 0 Å². The van der Waals surface area contributed by atoms with Crippen LogP contribution in [0.15, 0.2) is 59.8 Å². The van der Waals surface area contributed by atoms with Crippen molar-refractivity contribution in [2.75, 3.05) is 0 Å². The molecular weight excluding hydrogens is 248 g/mol. The van der Waals surface area contributed by atoms with Gasteiger partial charge < -0.3 is 0 Å². The molecule has 0 aromatic heterocycles. The van der Waals surface area contributed by atoms with Gasteiger partial charge in [0.05, 0.1) is 0 Å². The second-order valence-electron chi connectivity index (χ2n) is 4.11. The SMILES string of the molecule is [CH]1C=CC=C1.[CH]1C=CC=C1C1=CCCCC1.[Fe]. The number of hydrogen-bond acceptors (Lipinski definition) is 0. The minimum atomic E-state index is 0. The molecule has 0 heterocycles. The summed E-state index contributed by atoms with van der Waals surface area (Å²) in [5, 5.41) is 0. The van der Waals surface area contributed by atoms with E-state index in [1.165, 1.54) is 31.3 Å². The third-order valence-electron chi connectivity index (χ3n) is 2.88. The van der Waals surface area contributed by atoms with E-state index in [9.17, 15) is 0 Å². The fourth-order valence-electron chi connectivity index (χ4n) is 2.01. The van der Waals surface area contributed by atoms with Gasteiger partial charge in [-0.05, 0) is 36.8 Å². The summed E-state index contributed by atoms with van der Waals surface area (Å²) in [7, 11) is 0. The summed E-state index contributed by atoms with van der Waals surface area (Å²) in [6.07, 6.45) is 26.3. The average Bonchev–Trinajstić information content (AvgIpc) is 3.07. The molecule has 0 aromatic carbocycles. The fraction of sp³-hybridized carbons (Fsp3) is 0.250. The van der Waals surface area contributed by atoms with Gasteiger partial charge in [-0.3, -0.25) is 0 Å². The summed E-state index contributed by atoms with van der Waals surface area (Å²) < 4.78 is 0. The first-order chi connectivity index (χ1) is 7.97. The van der Waals surface area contributed by atoms with Crippen molar-refractivity contribution in [1.29, 1.82) is 0 Å². The molecular formula is C16H18Fe. The smallest absolute Gasteiger partial charge is 0.0127 e. The Balaban J connectivity index is 0.000000205. The Morgan fingerprint density at radius 3 is 2.12 bits per heavy atom. The van der Waals surface area contributed by atoms with E-state index in [0.29, 0.717) is 0 Å². The molecule has 3 aliphatic rings. The van der Waals surface area contributed by atoms with Crippen molar-refractivity contribution >= 4 is 0 Å². The molecule has 17 heavy (non-hydrogen) atoms.